The van der Waals surface area contributed by atoms with Crippen LogP contribution in [0.1, 0.15) is 237 Å². The second-order valence-electron chi connectivity index (χ2n) is 31.2. The van der Waals surface area contributed by atoms with Crippen molar-refractivity contribution in [3.05, 3.63) is 218 Å². The number of hydrogen-bond acceptors (Lipinski definition) is 10. The summed E-state index contributed by atoms with van der Waals surface area (Å²) in [5.41, 5.74) is 21.1. The monoisotopic (exact) mass is 1510 g/mol. The second-order valence-corrected chi connectivity index (χ2v) is 31.2. The molecule has 602 valence electrons. The fourth-order valence-corrected chi connectivity index (χ4v) is 15.3. The number of anilines is 18. The fraction of sp³-hybridized carbons (Fsp3) is 0.471. The van der Waals surface area contributed by atoms with Crippen LogP contribution in [-0.2, 0) is 0 Å². The Morgan fingerprint density at radius 1 is 0.116 bits per heavy atom. The Morgan fingerprint density at radius 3 is 0.259 bits per heavy atom. The van der Waals surface area contributed by atoms with Crippen LogP contribution in [0.2, 0.25) is 0 Å². The second kappa shape index (κ2) is 48.1. The highest BCUT2D eigenvalue weighted by molar-refractivity contribution is 5.86. The first-order valence-electron chi connectivity index (χ1n) is 44.7. The molecule has 0 spiro atoms. The Hall–Kier alpha value is -9.02. The minimum absolute atomic E-state index is 1.07. The summed E-state index contributed by atoms with van der Waals surface area (Å²) < 4.78 is 0. The van der Waals surface area contributed by atoms with E-state index in [0.29, 0.717) is 0 Å². The van der Waals surface area contributed by atoms with Gasteiger partial charge in [-0.05, 0) is 295 Å². The molecule has 0 fully saturated rings. The van der Waals surface area contributed by atoms with E-state index in [1.807, 2.05) is 0 Å². The molecule has 0 bridgehead atoms. The van der Waals surface area contributed by atoms with Crippen LogP contribution in [0.4, 0.5) is 102 Å². The Labute approximate surface area is 681 Å². The molecule has 10 nitrogen and oxygen atoms in total. The van der Waals surface area contributed by atoms with Crippen LogP contribution in [0.15, 0.2) is 218 Å². The molecule has 0 atom stereocenters. The van der Waals surface area contributed by atoms with Crippen molar-refractivity contribution in [1.29, 1.82) is 0 Å². The number of unbranched alkanes of at least 4 members (excludes halogenated alkanes) is 12. The molecule has 0 heterocycles. The maximum absolute atomic E-state index is 2.60. The van der Waals surface area contributed by atoms with Crippen LogP contribution in [0.25, 0.3) is 0 Å². The molecule has 0 aliphatic rings. The lowest BCUT2D eigenvalue weighted by Gasteiger charge is -2.31. The molecule has 0 radical (unpaired) electrons. The highest BCUT2D eigenvalue weighted by Gasteiger charge is 2.23. The number of nitrogens with zero attached hydrogens (tertiary/aromatic N) is 10. The first-order valence-corrected chi connectivity index (χ1v) is 44.7. The van der Waals surface area contributed by atoms with E-state index in [9.17, 15) is 0 Å². The largest absolute Gasteiger partial charge is 0.372 e. The predicted octanol–water partition coefficient (Wildman–Crippen LogP) is 30.0. The van der Waals surface area contributed by atoms with Gasteiger partial charge in [0.05, 0.1) is 0 Å². The smallest absolute Gasteiger partial charge is 0.0463 e. The van der Waals surface area contributed by atoms with Gasteiger partial charge in [0.2, 0.25) is 0 Å². The number of hydrogen-bond donors (Lipinski definition) is 0. The molecule has 0 amide bonds. The van der Waals surface area contributed by atoms with Gasteiger partial charge in [-0.3, -0.25) is 0 Å². The molecule has 0 saturated heterocycles. The SMILES string of the molecule is CCCCN(CCCC)c1ccc(N(c2ccc(N(CCCC)CCCC)cc2)c2ccc(N(c3ccc(N(c4ccc(N(CCCC)CCCC)cc4)c4ccc(N(CCCC)CCCC)cc4)cc3)c3ccc(N(c4ccc(N(CCCC)CCCC)cc4)c4ccc(N(CCCC)CCCC)cc4)cc3)cc2)cc1. The summed E-state index contributed by atoms with van der Waals surface area (Å²) in [6.07, 6.45) is 28.3. The topological polar surface area (TPSA) is 32.4 Å². The van der Waals surface area contributed by atoms with E-state index in [0.717, 1.165) is 147 Å². The van der Waals surface area contributed by atoms with Gasteiger partial charge < -0.3 is 49.0 Å². The van der Waals surface area contributed by atoms with Gasteiger partial charge in [-0.15, -0.1) is 0 Å². The molecule has 9 aromatic rings. The van der Waals surface area contributed by atoms with Gasteiger partial charge in [0, 0.05) is 181 Å². The van der Waals surface area contributed by atoms with Crippen molar-refractivity contribution >= 4 is 102 Å². The lowest BCUT2D eigenvalue weighted by molar-refractivity contribution is 0.678. The van der Waals surface area contributed by atoms with Crippen molar-refractivity contribution in [2.24, 2.45) is 0 Å². The predicted molar refractivity (Wildman–Crippen MR) is 497 cm³/mol. The first-order chi connectivity index (χ1) is 55.1. The highest BCUT2D eigenvalue weighted by atomic mass is 15.2. The van der Waals surface area contributed by atoms with Gasteiger partial charge in [0.25, 0.3) is 0 Å². The zero-order valence-corrected chi connectivity index (χ0v) is 71.7. The van der Waals surface area contributed by atoms with Gasteiger partial charge in [0.15, 0.2) is 0 Å². The lowest BCUT2D eigenvalue weighted by Crippen LogP contribution is -2.25. The normalized spacial score (nSPS) is 11.2. The zero-order chi connectivity index (χ0) is 79.1. The molecule has 0 aliphatic carbocycles. The van der Waals surface area contributed by atoms with Crippen LogP contribution < -0.4 is 49.0 Å². The summed E-state index contributed by atoms with van der Waals surface area (Å²) >= 11 is 0. The van der Waals surface area contributed by atoms with Crippen molar-refractivity contribution in [3.8, 4) is 0 Å². The molecule has 9 aromatic carbocycles. The highest BCUT2D eigenvalue weighted by Crippen LogP contribution is 2.45. The van der Waals surface area contributed by atoms with Gasteiger partial charge in [0.1, 0.15) is 0 Å². The third kappa shape index (κ3) is 25.0. The summed E-state index contributed by atoms with van der Waals surface area (Å²) in [7, 11) is 0. The zero-order valence-electron chi connectivity index (χ0n) is 71.7. The van der Waals surface area contributed by atoms with Crippen molar-refractivity contribution in [2.75, 3.05) is 128 Å². The summed E-state index contributed by atoms with van der Waals surface area (Å²) in [4.78, 5) is 25.4. The van der Waals surface area contributed by atoms with Crippen molar-refractivity contribution in [2.45, 2.75) is 237 Å². The van der Waals surface area contributed by atoms with Gasteiger partial charge in [-0.2, -0.15) is 0 Å². The Balaban J connectivity index is 1.19. The third-order valence-corrected chi connectivity index (χ3v) is 22.3. The van der Waals surface area contributed by atoms with E-state index in [1.165, 1.54) is 188 Å². The van der Waals surface area contributed by atoms with Crippen LogP contribution in [0.5, 0.6) is 0 Å². The molecule has 0 unspecified atom stereocenters. The van der Waals surface area contributed by atoms with Crippen LogP contribution in [0.3, 0.4) is 0 Å². The summed E-state index contributed by atoms with van der Waals surface area (Å²) in [5.74, 6) is 0. The summed E-state index contributed by atoms with van der Waals surface area (Å²) in [5, 5.41) is 0. The van der Waals surface area contributed by atoms with E-state index in [1.54, 1.807) is 0 Å². The van der Waals surface area contributed by atoms with E-state index in [2.05, 4.69) is 350 Å². The van der Waals surface area contributed by atoms with E-state index < -0.39 is 0 Å². The van der Waals surface area contributed by atoms with E-state index >= 15 is 0 Å². The lowest BCUT2D eigenvalue weighted by atomic mass is 10.1. The van der Waals surface area contributed by atoms with E-state index in [4.69, 9.17) is 0 Å². The number of rotatable bonds is 54. The molecule has 0 N–H and O–H groups in total. The molecule has 10 heteroatoms. The van der Waals surface area contributed by atoms with Crippen LogP contribution in [0, 0.1) is 0 Å². The van der Waals surface area contributed by atoms with Crippen LogP contribution >= 0.6 is 0 Å². The van der Waals surface area contributed by atoms with Gasteiger partial charge >= 0.3 is 0 Å². The van der Waals surface area contributed by atoms with Crippen LogP contribution in [-0.4, -0.2) is 78.5 Å². The molecule has 112 heavy (non-hydrogen) atoms. The Bertz CT molecular complexity index is 3300. The minimum atomic E-state index is 1.07. The quantitative estimate of drug-likeness (QED) is 0.0368. The molecule has 0 saturated carbocycles. The molecule has 9 rings (SSSR count). The Morgan fingerprint density at radius 2 is 0.188 bits per heavy atom. The first kappa shape index (κ1) is 87.0. The summed E-state index contributed by atoms with van der Waals surface area (Å²) in [6.45, 7) is 40.5. The minimum Gasteiger partial charge on any atom is -0.372 e. The maximum Gasteiger partial charge on any atom is 0.0463 e. The molecule has 0 aliphatic heterocycles. The average Bonchev–Trinajstić information content (AvgIpc) is 0.788. The van der Waals surface area contributed by atoms with Gasteiger partial charge in [-0.1, -0.05) is 160 Å². The average molecular weight is 1510 g/mol. The standard InChI is InChI=1S/C102H144N10/c1-13-25-73-103(74-26-14-2)85-37-49-91(50-38-85)109(92-51-39-86(40-52-92)104(75-27-15-3)76-28-16-4)97-61-67-100(68-62-97)112(101-69-63-98(64-70-101)110(93-53-41-87(42-54-93)105(77-29-17-5)78-30-18-6)94-55-43-88(44-56-94)106(79-31-19-7)80-32-20-8)102-71-65-99(66-72-102)111(95-57-45-89(46-58-95)107(81-33-21-9)82-34-22-10)96-59-47-90(48-60-96)108(83-35-23-11)84-36-24-12/h37-72H,13-36,73-84H2,1-12H3. The third-order valence-electron chi connectivity index (χ3n) is 22.3. The van der Waals surface area contributed by atoms with Gasteiger partial charge in [-0.25, -0.2) is 0 Å². The molecule has 0 aromatic heterocycles. The summed E-state index contributed by atoms with van der Waals surface area (Å²) in [6, 6.07) is 84.6. The number of benzene rings is 9. The van der Waals surface area contributed by atoms with Crippen molar-refractivity contribution in [3.63, 3.8) is 0 Å². The molecular weight excluding hydrogens is 1370 g/mol. The Kier molecular flexibility index (Phi) is 37.4. The fourth-order valence-electron chi connectivity index (χ4n) is 15.3. The maximum atomic E-state index is 2.60. The van der Waals surface area contributed by atoms with Crippen molar-refractivity contribution in [1.82, 2.24) is 0 Å². The molecular formula is C102H144N10. The van der Waals surface area contributed by atoms with E-state index in [-0.39, 0.29) is 0 Å². The van der Waals surface area contributed by atoms with Crippen molar-refractivity contribution < 1.29 is 0 Å².